The van der Waals surface area contributed by atoms with Gasteiger partial charge in [0.1, 0.15) is 11.8 Å². The molecule has 0 aromatic heterocycles. The number of amides is 2. The first-order valence-corrected chi connectivity index (χ1v) is 12.3. The summed E-state index contributed by atoms with van der Waals surface area (Å²) < 4.78 is 5.23. The van der Waals surface area contributed by atoms with Crippen molar-refractivity contribution in [2.75, 3.05) is 7.11 Å². The van der Waals surface area contributed by atoms with Gasteiger partial charge in [-0.25, -0.2) is 0 Å². The Hall–Kier alpha value is -3.31. The molecule has 35 heavy (non-hydrogen) atoms. The van der Waals surface area contributed by atoms with Crippen LogP contribution >= 0.6 is 11.6 Å². The molecule has 0 bridgehead atoms. The number of hydrogen-bond donors (Lipinski definition) is 1. The van der Waals surface area contributed by atoms with E-state index in [9.17, 15) is 9.59 Å². The van der Waals surface area contributed by atoms with Crippen molar-refractivity contribution in [3.8, 4) is 5.75 Å². The van der Waals surface area contributed by atoms with Crippen LogP contribution in [-0.2, 0) is 29.0 Å². The van der Waals surface area contributed by atoms with E-state index in [0.717, 1.165) is 28.9 Å². The summed E-state index contributed by atoms with van der Waals surface area (Å²) >= 11 is 6.23. The van der Waals surface area contributed by atoms with Crippen LogP contribution in [0.15, 0.2) is 78.9 Å². The molecule has 0 radical (unpaired) electrons. The summed E-state index contributed by atoms with van der Waals surface area (Å²) in [6, 6.07) is 24.0. The molecule has 184 valence electrons. The predicted molar refractivity (Wildman–Crippen MR) is 141 cm³/mol. The Morgan fingerprint density at radius 3 is 2.26 bits per heavy atom. The lowest BCUT2D eigenvalue weighted by atomic mass is 10.0. The molecule has 0 unspecified atom stereocenters. The van der Waals surface area contributed by atoms with Gasteiger partial charge in [0.15, 0.2) is 0 Å². The van der Waals surface area contributed by atoms with E-state index < -0.39 is 6.04 Å². The van der Waals surface area contributed by atoms with Gasteiger partial charge < -0.3 is 15.0 Å². The van der Waals surface area contributed by atoms with Crippen LogP contribution in [0, 0.1) is 0 Å². The zero-order valence-corrected chi connectivity index (χ0v) is 21.3. The number of halogens is 1. The molecule has 6 heteroatoms. The summed E-state index contributed by atoms with van der Waals surface area (Å²) in [4.78, 5) is 28.9. The van der Waals surface area contributed by atoms with Gasteiger partial charge in [0, 0.05) is 24.0 Å². The molecule has 3 rings (SSSR count). The van der Waals surface area contributed by atoms with Crippen LogP contribution < -0.4 is 10.1 Å². The standard InChI is InChI=1S/C29H33ClN2O3/c1-4-21(2)31-29(34)27(18-22-9-6-5-7-10-22)32(20-24-11-8-12-25(30)17-24)28(33)19-23-13-15-26(35-3)16-14-23/h5-17,21,27H,4,18-20H2,1-3H3,(H,31,34)/t21-,27-/m1/s1. The number of rotatable bonds is 11. The molecule has 0 aliphatic heterocycles. The highest BCUT2D eigenvalue weighted by molar-refractivity contribution is 6.30. The third kappa shape index (κ3) is 7.86. The summed E-state index contributed by atoms with van der Waals surface area (Å²) in [6.07, 6.45) is 1.39. The molecule has 0 saturated heterocycles. The maximum atomic E-state index is 13.7. The smallest absolute Gasteiger partial charge is 0.243 e. The normalized spacial score (nSPS) is 12.5. The Kier molecular flexibility index (Phi) is 9.74. The molecule has 2 amide bonds. The summed E-state index contributed by atoms with van der Waals surface area (Å²) in [5.41, 5.74) is 2.72. The highest BCUT2D eigenvalue weighted by Crippen LogP contribution is 2.20. The summed E-state index contributed by atoms with van der Waals surface area (Å²) in [6.45, 7) is 4.27. The third-order valence-electron chi connectivity index (χ3n) is 6.03. The SMILES string of the molecule is CC[C@@H](C)NC(=O)[C@@H](Cc1ccccc1)N(Cc1cccc(Cl)c1)C(=O)Cc1ccc(OC)cc1. The molecule has 1 N–H and O–H groups in total. The quantitative estimate of drug-likeness (QED) is 0.387. The topological polar surface area (TPSA) is 58.6 Å². The zero-order chi connectivity index (χ0) is 25.2. The minimum absolute atomic E-state index is 0.00508. The first-order valence-electron chi connectivity index (χ1n) is 11.9. The van der Waals surface area contributed by atoms with E-state index in [1.54, 1.807) is 18.1 Å². The second-order valence-electron chi connectivity index (χ2n) is 8.70. The Labute approximate surface area is 213 Å². The second kappa shape index (κ2) is 13.0. The van der Waals surface area contributed by atoms with Crippen LogP contribution in [-0.4, -0.2) is 35.9 Å². The van der Waals surface area contributed by atoms with E-state index in [1.165, 1.54) is 0 Å². The summed E-state index contributed by atoms with van der Waals surface area (Å²) in [5.74, 6) is 0.440. The van der Waals surface area contributed by atoms with Crippen molar-refractivity contribution in [3.05, 3.63) is 101 Å². The molecule has 0 fully saturated rings. The van der Waals surface area contributed by atoms with Gasteiger partial charge in [0.05, 0.1) is 13.5 Å². The Morgan fingerprint density at radius 2 is 1.63 bits per heavy atom. The molecule has 5 nitrogen and oxygen atoms in total. The molecule has 0 aliphatic carbocycles. The van der Waals surface area contributed by atoms with Gasteiger partial charge in [0.25, 0.3) is 0 Å². The highest BCUT2D eigenvalue weighted by Gasteiger charge is 2.31. The van der Waals surface area contributed by atoms with E-state index in [1.807, 2.05) is 86.6 Å². The zero-order valence-electron chi connectivity index (χ0n) is 20.5. The Balaban J connectivity index is 1.95. The van der Waals surface area contributed by atoms with Crippen molar-refractivity contribution in [1.82, 2.24) is 10.2 Å². The van der Waals surface area contributed by atoms with E-state index in [0.29, 0.717) is 11.4 Å². The molecule has 0 saturated carbocycles. The van der Waals surface area contributed by atoms with Crippen molar-refractivity contribution < 1.29 is 14.3 Å². The Bertz CT molecular complexity index is 1100. The first kappa shape index (κ1) is 26.3. The van der Waals surface area contributed by atoms with Gasteiger partial charge in [-0.2, -0.15) is 0 Å². The van der Waals surface area contributed by atoms with Crippen LogP contribution in [0.1, 0.15) is 37.0 Å². The third-order valence-corrected chi connectivity index (χ3v) is 6.26. The van der Waals surface area contributed by atoms with Crippen LogP contribution in [0.25, 0.3) is 0 Å². The van der Waals surface area contributed by atoms with Crippen molar-refractivity contribution in [1.29, 1.82) is 0 Å². The van der Waals surface area contributed by atoms with E-state index in [4.69, 9.17) is 16.3 Å². The lowest BCUT2D eigenvalue weighted by molar-refractivity contribution is -0.141. The Morgan fingerprint density at radius 1 is 0.943 bits per heavy atom. The molecular formula is C29H33ClN2O3. The molecule has 0 spiro atoms. The fraction of sp³-hybridized carbons (Fsp3) is 0.310. The number of nitrogens with one attached hydrogen (secondary N) is 1. The number of ether oxygens (including phenoxy) is 1. The van der Waals surface area contributed by atoms with Gasteiger partial charge in [-0.1, -0.05) is 73.1 Å². The predicted octanol–water partition coefficient (Wildman–Crippen LogP) is 5.45. The average Bonchev–Trinajstić information content (AvgIpc) is 2.87. The van der Waals surface area contributed by atoms with Crippen LogP contribution in [0.5, 0.6) is 5.75 Å². The monoisotopic (exact) mass is 492 g/mol. The van der Waals surface area contributed by atoms with Crippen molar-refractivity contribution in [2.45, 2.75) is 51.7 Å². The lowest BCUT2D eigenvalue weighted by Crippen LogP contribution is -2.52. The van der Waals surface area contributed by atoms with Gasteiger partial charge >= 0.3 is 0 Å². The second-order valence-corrected chi connectivity index (χ2v) is 9.14. The summed E-state index contributed by atoms with van der Waals surface area (Å²) in [7, 11) is 1.61. The van der Waals surface area contributed by atoms with Gasteiger partial charge in [-0.05, 0) is 54.3 Å². The first-order chi connectivity index (χ1) is 16.9. The fourth-order valence-electron chi connectivity index (χ4n) is 3.85. The molecule has 3 aromatic carbocycles. The van der Waals surface area contributed by atoms with E-state index >= 15 is 0 Å². The molecule has 0 aliphatic rings. The number of hydrogen-bond acceptors (Lipinski definition) is 3. The van der Waals surface area contributed by atoms with E-state index in [2.05, 4.69) is 5.32 Å². The number of carbonyl (C=O) groups excluding carboxylic acids is 2. The van der Waals surface area contributed by atoms with Crippen molar-refractivity contribution in [3.63, 3.8) is 0 Å². The number of benzene rings is 3. The van der Waals surface area contributed by atoms with E-state index in [-0.39, 0.29) is 30.8 Å². The molecule has 0 heterocycles. The van der Waals surface area contributed by atoms with Crippen LogP contribution in [0.4, 0.5) is 0 Å². The average molecular weight is 493 g/mol. The van der Waals surface area contributed by atoms with Crippen LogP contribution in [0.3, 0.4) is 0 Å². The summed E-state index contributed by atoms with van der Waals surface area (Å²) in [5, 5.41) is 3.68. The number of methoxy groups -OCH3 is 1. The largest absolute Gasteiger partial charge is 0.497 e. The minimum atomic E-state index is -0.670. The molecule has 2 atom stereocenters. The van der Waals surface area contributed by atoms with Gasteiger partial charge in [-0.15, -0.1) is 0 Å². The number of nitrogens with zero attached hydrogens (tertiary/aromatic N) is 1. The maximum Gasteiger partial charge on any atom is 0.243 e. The lowest BCUT2D eigenvalue weighted by Gasteiger charge is -2.32. The maximum absolute atomic E-state index is 13.7. The molecular weight excluding hydrogens is 460 g/mol. The minimum Gasteiger partial charge on any atom is -0.497 e. The van der Waals surface area contributed by atoms with Gasteiger partial charge in [-0.3, -0.25) is 9.59 Å². The van der Waals surface area contributed by atoms with Crippen molar-refractivity contribution >= 4 is 23.4 Å². The van der Waals surface area contributed by atoms with Crippen molar-refractivity contribution in [2.24, 2.45) is 0 Å². The number of carbonyl (C=O) groups is 2. The fourth-order valence-corrected chi connectivity index (χ4v) is 4.06. The molecule has 3 aromatic rings. The van der Waals surface area contributed by atoms with Gasteiger partial charge in [0.2, 0.25) is 11.8 Å². The highest BCUT2D eigenvalue weighted by atomic mass is 35.5. The van der Waals surface area contributed by atoms with Crippen LogP contribution in [0.2, 0.25) is 5.02 Å².